The normalized spacial score (nSPS) is 9.92. The molecule has 1 aromatic rings. The second kappa shape index (κ2) is 5.81. The van der Waals surface area contributed by atoms with E-state index in [0.717, 1.165) is 6.54 Å². The van der Waals surface area contributed by atoms with E-state index < -0.39 is 0 Å². The van der Waals surface area contributed by atoms with Crippen molar-refractivity contribution in [2.75, 3.05) is 13.6 Å². The lowest BCUT2D eigenvalue weighted by Crippen LogP contribution is -2.11. The molecule has 72 valence electrons. The SMILES string of the molecule is C=CN(C)CCCCc1ccsc1. The number of aryl methyl sites for hydroxylation is 1. The Bertz CT molecular complexity index is 228. The van der Waals surface area contributed by atoms with E-state index in [1.807, 2.05) is 6.20 Å². The lowest BCUT2D eigenvalue weighted by molar-refractivity contribution is 0.438. The number of nitrogens with zero attached hydrogens (tertiary/aromatic N) is 1. The van der Waals surface area contributed by atoms with Crippen LogP contribution in [0.25, 0.3) is 0 Å². The second-order valence-corrected chi connectivity index (χ2v) is 4.03. The number of thiophene rings is 1. The van der Waals surface area contributed by atoms with Gasteiger partial charge in [0, 0.05) is 13.6 Å². The zero-order valence-corrected chi connectivity index (χ0v) is 9.02. The first-order valence-corrected chi connectivity index (χ1v) is 5.61. The van der Waals surface area contributed by atoms with Gasteiger partial charge >= 0.3 is 0 Å². The summed E-state index contributed by atoms with van der Waals surface area (Å²) < 4.78 is 0. The van der Waals surface area contributed by atoms with Crippen LogP contribution in [0.5, 0.6) is 0 Å². The minimum Gasteiger partial charge on any atom is -0.381 e. The molecule has 0 aromatic carbocycles. The number of rotatable bonds is 6. The van der Waals surface area contributed by atoms with E-state index in [9.17, 15) is 0 Å². The van der Waals surface area contributed by atoms with Crippen LogP contribution in [0.2, 0.25) is 0 Å². The molecule has 0 aliphatic heterocycles. The molecule has 0 fully saturated rings. The summed E-state index contributed by atoms with van der Waals surface area (Å²) in [6.07, 6.45) is 5.62. The fraction of sp³-hybridized carbons (Fsp3) is 0.455. The fourth-order valence-corrected chi connectivity index (χ4v) is 1.92. The smallest absolute Gasteiger partial charge is 0.0169 e. The lowest BCUT2D eigenvalue weighted by Gasteiger charge is -2.11. The number of unbranched alkanes of at least 4 members (excludes halogenated alkanes) is 1. The Morgan fingerprint density at radius 2 is 2.38 bits per heavy atom. The van der Waals surface area contributed by atoms with Crippen molar-refractivity contribution in [3.8, 4) is 0 Å². The van der Waals surface area contributed by atoms with E-state index in [1.54, 1.807) is 11.3 Å². The second-order valence-electron chi connectivity index (χ2n) is 3.25. The molecule has 0 atom stereocenters. The minimum atomic E-state index is 1.12. The summed E-state index contributed by atoms with van der Waals surface area (Å²) in [6, 6.07) is 2.21. The number of hydrogen-bond acceptors (Lipinski definition) is 2. The third kappa shape index (κ3) is 4.13. The Morgan fingerprint density at radius 1 is 1.54 bits per heavy atom. The Balaban J connectivity index is 2.05. The van der Waals surface area contributed by atoms with E-state index in [2.05, 4.69) is 35.4 Å². The van der Waals surface area contributed by atoms with Gasteiger partial charge in [0.2, 0.25) is 0 Å². The average molecular weight is 195 g/mol. The van der Waals surface area contributed by atoms with Gasteiger partial charge < -0.3 is 4.90 Å². The molecule has 0 amide bonds. The molecule has 0 aliphatic carbocycles. The van der Waals surface area contributed by atoms with Crippen LogP contribution in [0.3, 0.4) is 0 Å². The molecule has 0 saturated heterocycles. The molecule has 13 heavy (non-hydrogen) atoms. The molecule has 1 rings (SSSR count). The van der Waals surface area contributed by atoms with Crippen LogP contribution in [0.15, 0.2) is 29.6 Å². The number of hydrogen-bond donors (Lipinski definition) is 0. The Labute approximate surface area is 84.7 Å². The van der Waals surface area contributed by atoms with Crippen LogP contribution in [0, 0.1) is 0 Å². The van der Waals surface area contributed by atoms with E-state index in [1.165, 1.54) is 24.8 Å². The van der Waals surface area contributed by atoms with Gasteiger partial charge in [-0.2, -0.15) is 11.3 Å². The summed E-state index contributed by atoms with van der Waals surface area (Å²) in [4.78, 5) is 2.13. The van der Waals surface area contributed by atoms with Crippen molar-refractivity contribution in [3.05, 3.63) is 35.2 Å². The Hall–Kier alpha value is -0.760. The molecule has 0 unspecified atom stereocenters. The van der Waals surface area contributed by atoms with Gasteiger partial charge in [-0.15, -0.1) is 0 Å². The highest BCUT2D eigenvalue weighted by atomic mass is 32.1. The van der Waals surface area contributed by atoms with Gasteiger partial charge in [-0.1, -0.05) is 6.58 Å². The third-order valence-electron chi connectivity index (χ3n) is 2.12. The average Bonchev–Trinajstić information content (AvgIpc) is 2.64. The van der Waals surface area contributed by atoms with Crippen molar-refractivity contribution in [3.63, 3.8) is 0 Å². The monoisotopic (exact) mass is 195 g/mol. The van der Waals surface area contributed by atoms with Crippen LogP contribution < -0.4 is 0 Å². The van der Waals surface area contributed by atoms with Crippen molar-refractivity contribution in [1.82, 2.24) is 4.90 Å². The highest BCUT2D eigenvalue weighted by Gasteiger charge is 1.94. The van der Waals surface area contributed by atoms with Crippen LogP contribution in [0.1, 0.15) is 18.4 Å². The van der Waals surface area contributed by atoms with Crippen LogP contribution in [-0.2, 0) is 6.42 Å². The van der Waals surface area contributed by atoms with Crippen molar-refractivity contribution < 1.29 is 0 Å². The largest absolute Gasteiger partial charge is 0.381 e. The van der Waals surface area contributed by atoms with Gasteiger partial charge in [0.25, 0.3) is 0 Å². The first-order chi connectivity index (χ1) is 6.33. The summed E-state index contributed by atoms with van der Waals surface area (Å²) in [5, 5.41) is 4.38. The van der Waals surface area contributed by atoms with Gasteiger partial charge in [0.15, 0.2) is 0 Å². The zero-order chi connectivity index (χ0) is 9.52. The lowest BCUT2D eigenvalue weighted by atomic mass is 10.1. The van der Waals surface area contributed by atoms with Crippen LogP contribution in [-0.4, -0.2) is 18.5 Å². The van der Waals surface area contributed by atoms with E-state index in [0.29, 0.717) is 0 Å². The predicted octanol–water partition coefficient (Wildman–Crippen LogP) is 3.15. The van der Waals surface area contributed by atoms with E-state index in [4.69, 9.17) is 0 Å². The Kier molecular flexibility index (Phi) is 4.61. The first-order valence-electron chi connectivity index (χ1n) is 4.67. The molecule has 2 heteroatoms. The van der Waals surface area contributed by atoms with Crippen molar-refractivity contribution >= 4 is 11.3 Å². The third-order valence-corrected chi connectivity index (χ3v) is 2.85. The predicted molar refractivity (Wildman–Crippen MR) is 60.1 cm³/mol. The molecular weight excluding hydrogens is 178 g/mol. The quantitative estimate of drug-likeness (QED) is 0.630. The van der Waals surface area contributed by atoms with Crippen molar-refractivity contribution in [2.24, 2.45) is 0 Å². The maximum atomic E-state index is 3.72. The Morgan fingerprint density at radius 3 is 3.00 bits per heavy atom. The standard InChI is InChI=1S/C11H17NS/c1-3-12(2)8-5-4-6-11-7-9-13-10-11/h3,7,9-10H,1,4-6,8H2,2H3. The maximum absolute atomic E-state index is 3.72. The van der Waals surface area contributed by atoms with Crippen molar-refractivity contribution in [1.29, 1.82) is 0 Å². The molecule has 0 saturated carbocycles. The molecule has 0 spiro atoms. The summed E-state index contributed by atoms with van der Waals surface area (Å²) in [7, 11) is 2.07. The van der Waals surface area contributed by atoms with Gasteiger partial charge in [0.05, 0.1) is 0 Å². The molecule has 0 N–H and O–H groups in total. The van der Waals surface area contributed by atoms with Gasteiger partial charge in [-0.05, 0) is 47.9 Å². The zero-order valence-electron chi connectivity index (χ0n) is 8.20. The molecule has 1 aromatic heterocycles. The maximum Gasteiger partial charge on any atom is 0.0169 e. The first kappa shape index (κ1) is 10.3. The highest BCUT2D eigenvalue weighted by Crippen LogP contribution is 2.09. The van der Waals surface area contributed by atoms with Crippen LogP contribution in [0.4, 0.5) is 0 Å². The highest BCUT2D eigenvalue weighted by molar-refractivity contribution is 7.07. The molecule has 0 aliphatic rings. The molecule has 1 heterocycles. The van der Waals surface area contributed by atoms with E-state index in [-0.39, 0.29) is 0 Å². The summed E-state index contributed by atoms with van der Waals surface area (Å²) >= 11 is 1.78. The van der Waals surface area contributed by atoms with Gasteiger partial charge in [0.1, 0.15) is 0 Å². The van der Waals surface area contributed by atoms with Gasteiger partial charge in [-0.25, -0.2) is 0 Å². The molecule has 1 nitrogen and oxygen atoms in total. The summed E-state index contributed by atoms with van der Waals surface area (Å²) in [5.41, 5.74) is 1.48. The molecular formula is C11H17NS. The van der Waals surface area contributed by atoms with Crippen LogP contribution >= 0.6 is 11.3 Å². The van der Waals surface area contributed by atoms with Crippen molar-refractivity contribution in [2.45, 2.75) is 19.3 Å². The molecule has 0 radical (unpaired) electrons. The molecule has 0 bridgehead atoms. The topological polar surface area (TPSA) is 3.24 Å². The summed E-state index contributed by atoms with van der Waals surface area (Å²) in [6.45, 7) is 4.84. The fourth-order valence-electron chi connectivity index (χ4n) is 1.22. The van der Waals surface area contributed by atoms with E-state index >= 15 is 0 Å². The summed E-state index contributed by atoms with van der Waals surface area (Å²) in [5.74, 6) is 0. The van der Waals surface area contributed by atoms with Gasteiger partial charge in [-0.3, -0.25) is 0 Å². The minimum absolute atomic E-state index is 1.12.